The van der Waals surface area contributed by atoms with Gasteiger partial charge in [0.15, 0.2) is 5.96 Å². The van der Waals surface area contributed by atoms with Gasteiger partial charge in [0.1, 0.15) is 11.5 Å². The van der Waals surface area contributed by atoms with Crippen molar-refractivity contribution in [3.63, 3.8) is 0 Å². The number of guanidine groups is 1. The number of piperidine rings is 1. The van der Waals surface area contributed by atoms with Gasteiger partial charge in [0.25, 0.3) is 0 Å². The summed E-state index contributed by atoms with van der Waals surface area (Å²) >= 11 is 0. The summed E-state index contributed by atoms with van der Waals surface area (Å²) in [6.07, 6.45) is 3.43. The molecule has 0 bridgehead atoms. The van der Waals surface area contributed by atoms with Gasteiger partial charge in [-0.15, -0.1) is 24.0 Å². The minimum Gasteiger partial charge on any atom is -0.497 e. The molecule has 1 heterocycles. The van der Waals surface area contributed by atoms with E-state index in [4.69, 9.17) is 9.47 Å². The molecule has 0 aliphatic carbocycles. The Morgan fingerprint density at radius 2 is 2.00 bits per heavy atom. The van der Waals surface area contributed by atoms with Crippen molar-refractivity contribution in [3.05, 3.63) is 24.3 Å². The summed E-state index contributed by atoms with van der Waals surface area (Å²) in [5, 5.41) is 3.43. The molecule has 2 rings (SSSR count). The van der Waals surface area contributed by atoms with E-state index in [1.807, 2.05) is 31.3 Å². The number of rotatable bonds is 6. The Hall–Kier alpha value is -1.18. The van der Waals surface area contributed by atoms with Crippen molar-refractivity contribution in [2.45, 2.75) is 26.2 Å². The first kappa shape index (κ1) is 20.9. The molecule has 0 amide bonds. The predicted molar refractivity (Wildman–Crippen MR) is 110 cm³/mol. The number of hydrogen-bond acceptors (Lipinski definition) is 3. The highest BCUT2D eigenvalue weighted by molar-refractivity contribution is 14.0. The van der Waals surface area contributed by atoms with Gasteiger partial charge in [-0.3, -0.25) is 4.99 Å². The van der Waals surface area contributed by atoms with Crippen molar-refractivity contribution in [3.8, 4) is 11.5 Å². The minimum atomic E-state index is 0. The summed E-state index contributed by atoms with van der Waals surface area (Å²) < 4.78 is 10.9. The van der Waals surface area contributed by atoms with Crippen molar-refractivity contribution in [2.24, 2.45) is 10.9 Å². The van der Waals surface area contributed by atoms with Gasteiger partial charge < -0.3 is 19.7 Å². The first-order valence-electron chi connectivity index (χ1n) is 8.45. The fraction of sp³-hybridized carbons (Fsp3) is 0.611. The highest BCUT2D eigenvalue weighted by Gasteiger charge is 2.18. The average Bonchev–Trinajstić information content (AvgIpc) is 2.59. The normalized spacial score (nSPS) is 15.6. The van der Waals surface area contributed by atoms with E-state index in [1.54, 1.807) is 7.11 Å². The van der Waals surface area contributed by atoms with Crippen LogP contribution in [0.1, 0.15) is 26.2 Å². The van der Waals surface area contributed by atoms with Gasteiger partial charge in [0.05, 0.1) is 13.7 Å². The highest BCUT2D eigenvalue weighted by atomic mass is 127. The van der Waals surface area contributed by atoms with Crippen molar-refractivity contribution in [1.29, 1.82) is 0 Å². The van der Waals surface area contributed by atoms with Crippen LogP contribution >= 0.6 is 24.0 Å². The Morgan fingerprint density at radius 3 is 2.67 bits per heavy atom. The topological polar surface area (TPSA) is 46.1 Å². The van der Waals surface area contributed by atoms with Crippen LogP contribution in [-0.2, 0) is 0 Å². The molecule has 1 aliphatic heterocycles. The summed E-state index contributed by atoms with van der Waals surface area (Å²) in [6.45, 7) is 6.06. The molecule has 5 nitrogen and oxygen atoms in total. The molecule has 6 heteroatoms. The molecule has 1 aromatic carbocycles. The van der Waals surface area contributed by atoms with Crippen LogP contribution < -0.4 is 14.8 Å². The minimum absolute atomic E-state index is 0. The molecule has 1 saturated heterocycles. The smallest absolute Gasteiger partial charge is 0.193 e. The third kappa shape index (κ3) is 6.75. The monoisotopic (exact) mass is 447 g/mol. The molecule has 1 aromatic rings. The van der Waals surface area contributed by atoms with Crippen LogP contribution in [0.4, 0.5) is 0 Å². The zero-order valence-electron chi connectivity index (χ0n) is 15.0. The molecule has 0 spiro atoms. The van der Waals surface area contributed by atoms with E-state index in [1.165, 1.54) is 12.8 Å². The summed E-state index contributed by atoms with van der Waals surface area (Å²) in [5.74, 6) is 3.51. The quantitative estimate of drug-likeness (QED) is 0.314. The molecule has 136 valence electrons. The molecule has 0 saturated carbocycles. The molecule has 1 N–H and O–H groups in total. The van der Waals surface area contributed by atoms with Gasteiger partial charge in [-0.05, 0) is 37.3 Å². The standard InChI is InChI=1S/C18H29N3O2.HI/c1-15-8-11-21(12-9-15)18(19-2)20-10-5-13-23-17-7-4-6-16(14-17)22-3;/h4,6-7,14-15H,5,8-13H2,1-3H3,(H,19,20);1H. The van der Waals surface area contributed by atoms with Crippen molar-refractivity contribution in [2.75, 3.05) is 40.4 Å². The van der Waals surface area contributed by atoms with Gasteiger partial charge in [-0.25, -0.2) is 0 Å². The lowest BCUT2D eigenvalue weighted by molar-refractivity contribution is 0.271. The summed E-state index contributed by atoms with van der Waals surface area (Å²) in [4.78, 5) is 6.74. The third-order valence-electron chi connectivity index (χ3n) is 4.21. The molecular weight excluding hydrogens is 417 g/mol. The molecule has 24 heavy (non-hydrogen) atoms. The maximum absolute atomic E-state index is 5.75. The van der Waals surface area contributed by atoms with E-state index in [0.717, 1.165) is 49.4 Å². The van der Waals surface area contributed by atoms with E-state index < -0.39 is 0 Å². The van der Waals surface area contributed by atoms with Crippen LogP contribution in [0.5, 0.6) is 11.5 Å². The van der Waals surface area contributed by atoms with Gasteiger partial charge in [-0.1, -0.05) is 13.0 Å². The number of halogens is 1. The summed E-state index contributed by atoms with van der Waals surface area (Å²) in [7, 11) is 3.52. The number of hydrogen-bond donors (Lipinski definition) is 1. The lowest BCUT2D eigenvalue weighted by Gasteiger charge is -2.32. The second-order valence-corrected chi connectivity index (χ2v) is 6.02. The number of methoxy groups -OCH3 is 1. The van der Waals surface area contributed by atoms with Crippen LogP contribution in [0.25, 0.3) is 0 Å². The second-order valence-electron chi connectivity index (χ2n) is 6.02. The fourth-order valence-corrected chi connectivity index (χ4v) is 2.71. The Kier molecular flexibility index (Phi) is 9.90. The van der Waals surface area contributed by atoms with Crippen LogP contribution in [0, 0.1) is 5.92 Å². The van der Waals surface area contributed by atoms with E-state index in [0.29, 0.717) is 6.61 Å². The summed E-state index contributed by atoms with van der Waals surface area (Å²) in [5.41, 5.74) is 0. The Labute approximate surface area is 162 Å². The first-order chi connectivity index (χ1) is 11.2. The maximum atomic E-state index is 5.75. The van der Waals surface area contributed by atoms with Gasteiger partial charge in [-0.2, -0.15) is 0 Å². The van der Waals surface area contributed by atoms with Gasteiger partial charge in [0.2, 0.25) is 0 Å². The van der Waals surface area contributed by atoms with E-state index in [-0.39, 0.29) is 24.0 Å². The molecule has 0 aromatic heterocycles. The first-order valence-corrected chi connectivity index (χ1v) is 8.45. The molecular formula is C18H30IN3O2. The van der Waals surface area contributed by atoms with Crippen LogP contribution in [0.2, 0.25) is 0 Å². The number of nitrogens with zero attached hydrogens (tertiary/aromatic N) is 2. The zero-order valence-corrected chi connectivity index (χ0v) is 17.3. The van der Waals surface area contributed by atoms with Crippen LogP contribution in [0.3, 0.4) is 0 Å². The fourth-order valence-electron chi connectivity index (χ4n) is 2.71. The number of benzene rings is 1. The zero-order chi connectivity index (χ0) is 16.5. The van der Waals surface area contributed by atoms with Crippen molar-refractivity contribution in [1.82, 2.24) is 10.2 Å². The van der Waals surface area contributed by atoms with Gasteiger partial charge >= 0.3 is 0 Å². The van der Waals surface area contributed by atoms with Gasteiger partial charge in [0, 0.05) is 32.7 Å². The average molecular weight is 447 g/mol. The Balaban J connectivity index is 0.00000288. The maximum Gasteiger partial charge on any atom is 0.193 e. The highest BCUT2D eigenvalue weighted by Crippen LogP contribution is 2.19. The summed E-state index contributed by atoms with van der Waals surface area (Å²) in [6, 6.07) is 7.70. The molecule has 1 aliphatic rings. The van der Waals surface area contributed by atoms with E-state index >= 15 is 0 Å². The number of likely N-dealkylation sites (tertiary alicyclic amines) is 1. The van der Waals surface area contributed by atoms with Crippen LogP contribution in [0.15, 0.2) is 29.3 Å². The lowest BCUT2D eigenvalue weighted by atomic mass is 10.00. The number of ether oxygens (including phenoxy) is 2. The molecule has 1 fully saturated rings. The van der Waals surface area contributed by atoms with E-state index in [2.05, 4.69) is 22.1 Å². The van der Waals surface area contributed by atoms with Crippen molar-refractivity contribution < 1.29 is 9.47 Å². The second kappa shape index (κ2) is 11.4. The largest absolute Gasteiger partial charge is 0.497 e. The third-order valence-corrected chi connectivity index (χ3v) is 4.21. The Bertz CT molecular complexity index is 503. The molecule has 0 atom stereocenters. The Morgan fingerprint density at radius 1 is 1.29 bits per heavy atom. The number of nitrogens with one attached hydrogen (secondary N) is 1. The SMILES string of the molecule is CN=C(NCCCOc1cccc(OC)c1)N1CCC(C)CC1.I. The lowest BCUT2D eigenvalue weighted by Crippen LogP contribution is -2.45. The predicted octanol–water partition coefficient (Wildman–Crippen LogP) is 3.39. The number of aliphatic imine (C=N–C) groups is 1. The van der Waals surface area contributed by atoms with Crippen LogP contribution in [-0.4, -0.2) is 51.3 Å². The van der Waals surface area contributed by atoms with E-state index in [9.17, 15) is 0 Å². The molecule has 0 unspecified atom stereocenters. The van der Waals surface area contributed by atoms with Crippen molar-refractivity contribution >= 4 is 29.9 Å². The molecule has 0 radical (unpaired) electrons.